The molecule has 178 valence electrons. The van der Waals surface area contributed by atoms with Gasteiger partial charge in [0.2, 0.25) is 0 Å². The number of hydrogen-bond donors (Lipinski definition) is 3. The number of piperidine rings is 1. The third kappa shape index (κ3) is 8.97. The minimum atomic E-state index is -4.02. The molecule has 3 fully saturated rings. The molecule has 32 heavy (non-hydrogen) atoms. The van der Waals surface area contributed by atoms with Crippen LogP contribution < -0.4 is 5.73 Å². The summed E-state index contributed by atoms with van der Waals surface area (Å²) in [5, 5.41) is 0. The van der Waals surface area contributed by atoms with E-state index in [0.717, 1.165) is 23.6 Å². The Balaban J connectivity index is 0.000000170. The molecule has 0 spiro atoms. The molecule has 8 nitrogen and oxygen atoms in total. The van der Waals surface area contributed by atoms with Gasteiger partial charge in [0.15, 0.2) is 0 Å². The van der Waals surface area contributed by atoms with Crippen LogP contribution in [0.4, 0.5) is 0 Å². The predicted molar refractivity (Wildman–Crippen MR) is 124 cm³/mol. The standard InChI is InChI=1S/C8H16N2.2C7H8O3S/c9-8-5-7-1-3-10(6-8)4-2-7;2*1-6-2-4-7(5-3-6)11(8,9)10/h7-8H,1-6,9H2;2*2-5H,1H3,(H,8,9,10). The Morgan fingerprint density at radius 3 is 1.50 bits per heavy atom. The molecule has 2 bridgehead atoms. The molecule has 3 aliphatic rings. The minimum Gasteiger partial charge on any atom is -0.327 e. The quantitative estimate of drug-likeness (QED) is 0.553. The molecular weight excluding hydrogens is 452 g/mol. The van der Waals surface area contributed by atoms with E-state index < -0.39 is 20.2 Å². The number of fused-ring (bicyclic) bond motifs is 4. The van der Waals surface area contributed by atoms with Gasteiger partial charge in [-0.2, -0.15) is 16.8 Å². The number of nitrogens with zero attached hydrogens (tertiary/aromatic N) is 1. The van der Waals surface area contributed by atoms with Gasteiger partial charge >= 0.3 is 0 Å². The van der Waals surface area contributed by atoms with E-state index in [1.807, 2.05) is 13.8 Å². The molecule has 0 saturated carbocycles. The van der Waals surface area contributed by atoms with Gasteiger partial charge in [-0.25, -0.2) is 0 Å². The van der Waals surface area contributed by atoms with Crippen molar-refractivity contribution >= 4 is 20.2 Å². The van der Waals surface area contributed by atoms with Crippen LogP contribution in [0.1, 0.15) is 30.4 Å². The van der Waals surface area contributed by atoms with Crippen molar-refractivity contribution in [1.82, 2.24) is 4.90 Å². The first kappa shape index (κ1) is 26.4. The monoisotopic (exact) mass is 484 g/mol. The van der Waals surface area contributed by atoms with Gasteiger partial charge in [-0.3, -0.25) is 9.11 Å². The van der Waals surface area contributed by atoms with E-state index in [2.05, 4.69) is 4.90 Å². The van der Waals surface area contributed by atoms with Gasteiger partial charge in [0.1, 0.15) is 0 Å². The molecule has 4 N–H and O–H groups in total. The maximum Gasteiger partial charge on any atom is 0.294 e. The summed E-state index contributed by atoms with van der Waals surface area (Å²) in [7, 11) is -8.04. The van der Waals surface area contributed by atoms with Crippen molar-refractivity contribution in [2.24, 2.45) is 11.7 Å². The van der Waals surface area contributed by atoms with Crippen LogP contribution in [0.5, 0.6) is 0 Å². The van der Waals surface area contributed by atoms with Gasteiger partial charge < -0.3 is 10.6 Å². The molecule has 2 aromatic carbocycles. The van der Waals surface area contributed by atoms with Crippen molar-refractivity contribution in [2.75, 3.05) is 19.6 Å². The van der Waals surface area contributed by atoms with E-state index in [1.54, 1.807) is 24.3 Å². The highest BCUT2D eigenvalue weighted by Gasteiger charge is 2.26. The average Bonchev–Trinajstić information content (AvgIpc) is 2.99. The summed E-state index contributed by atoms with van der Waals surface area (Å²) < 4.78 is 59.1. The average molecular weight is 485 g/mol. The van der Waals surface area contributed by atoms with Gasteiger partial charge in [-0.1, -0.05) is 35.4 Å². The molecule has 0 amide bonds. The van der Waals surface area contributed by atoms with Crippen molar-refractivity contribution < 1.29 is 25.9 Å². The number of nitrogens with two attached hydrogens (primary N) is 1. The molecule has 3 aliphatic heterocycles. The lowest BCUT2D eigenvalue weighted by Crippen LogP contribution is -2.35. The minimum absolute atomic E-state index is 0.0666. The molecule has 5 rings (SSSR count). The maximum atomic E-state index is 10.5. The third-order valence-corrected chi connectivity index (χ3v) is 7.21. The van der Waals surface area contributed by atoms with Gasteiger partial charge in [-0.05, 0) is 76.4 Å². The van der Waals surface area contributed by atoms with E-state index >= 15 is 0 Å². The Morgan fingerprint density at radius 1 is 0.781 bits per heavy atom. The fourth-order valence-corrected chi connectivity index (χ4v) is 4.62. The first-order valence-electron chi connectivity index (χ1n) is 10.4. The summed E-state index contributed by atoms with van der Waals surface area (Å²) in [6.45, 7) is 7.44. The molecule has 3 saturated heterocycles. The fraction of sp³-hybridized carbons (Fsp3) is 0.455. The normalized spacial score (nSPS) is 22.6. The first-order valence-corrected chi connectivity index (χ1v) is 13.3. The van der Waals surface area contributed by atoms with Crippen molar-refractivity contribution in [3.8, 4) is 0 Å². The topological polar surface area (TPSA) is 138 Å². The molecule has 0 radical (unpaired) electrons. The lowest BCUT2D eigenvalue weighted by atomic mass is 9.94. The van der Waals surface area contributed by atoms with Crippen molar-refractivity contribution in [3.63, 3.8) is 0 Å². The molecule has 1 atom stereocenters. The molecular formula is C22H32N2O6S2. The molecule has 0 aromatic heterocycles. The molecule has 10 heteroatoms. The van der Waals surface area contributed by atoms with Crippen LogP contribution in [0.2, 0.25) is 0 Å². The lowest BCUT2D eigenvalue weighted by Gasteiger charge is -2.25. The maximum absolute atomic E-state index is 10.5. The summed E-state index contributed by atoms with van der Waals surface area (Å²) in [5.74, 6) is 0.953. The second-order valence-electron chi connectivity index (χ2n) is 8.32. The van der Waals surface area contributed by atoms with Gasteiger partial charge in [-0.15, -0.1) is 0 Å². The van der Waals surface area contributed by atoms with E-state index in [1.165, 1.54) is 56.6 Å². The van der Waals surface area contributed by atoms with Crippen LogP contribution in [0.15, 0.2) is 58.3 Å². The van der Waals surface area contributed by atoms with Gasteiger partial charge in [0, 0.05) is 12.6 Å². The van der Waals surface area contributed by atoms with Crippen molar-refractivity contribution in [1.29, 1.82) is 0 Å². The highest BCUT2D eigenvalue weighted by Crippen LogP contribution is 2.25. The number of benzene rings is 2. The highest BCUT2D eigenvalue weighted by molar-refractivity contribution is 7.86. The van der Waals surface area contributed by atoms with Crippen LogP contribution >= 0.6 is 0 Å². The van der Waals surface area contributed by atoms with Crippen molar-refractivity contribution in [2.45, 2.75) is 48.9 Å². The number of aryl methyl sites for hydroxylation is 2. The second-order valence-corrected chi connectivity index (χ2v) is 11.2. The van der Waals surface area contributed by atoms with Crippen LogP contribution in [0, 0.1) is 19.8 Å². The molecule has 0 aliphatic carbocycles. The van der Waals surface area contributed by atoms with Gasteiger partial charge in [0.05, 0.1) is 9.79 Å². The molecule has 3 heterocycles. The first-order chi connectivity index (χ1) is 14.8. The van der Waals surface area contributed by atoms with E-state index in [4.69, 9.17) is 14.8 Å². The summed E-state index contributed by atoms with van der Waals surface area (Å²) in [5.41, 5.74) is 7.83. The zero-order valence-electron chi connectivity index (χ0n) is 18.4. The highest BCUT2D eigenvalue weighted by atomic mass is 32.2. The summed E-state index contributed by atoms with van der Waals surface area (Å²) in [6, 6.07) is 12.4. The lowest BCUT2D eigenvalue weighted by molar-refractivity contribution is 0.223. The van der Waals surface area contributed by atoms with E-state index in [-0.39, 0.29) is 9.79 Å². The summed E-state index contributed by atoms with van der Waals surface area (Å²) in [4.78, 5) is 2.37. The third-order valence-electron chi connectivity index (χ3n) is 5.47. The van der Waals surface area contributed by atoms with E-state index in [0.29, 0.717) is 6.04 Å². The number of hydrogen-bond acceptors (Lipinski definition) is 6. The SMILES string of the molecule is Cc1ccc(S(=O)(=O)O)cc1.Cc1ccc(S(=O)(=O)O)cc1.NC1CC2CCN(CC2)C1. The second kappa shape index (κ2) is 11.4. The van der Waals surface area contributed by atoms with Crippen LogP contribution in [0.3, 0.4) is 0 Å². The zero-order valence-corrected chi connectivity index (χ0v) is 20.0. The van der Waals surface area contributed by atoms with Crippen LogP contribution in [-0.4, -0.2) is 56.5 Å². The van der Waals surface area contributed by atoms with Gasteiger partial charge in [0.25, 0.3) is 20.2 Å². The Kier molecular flexibility index (Phi) is 9.38. The van der Waals surface area contributed by atoms with Crippen LogP contribution in [-0.2, 0) is 20.2 Å². The summed E-state index contributed by atoms with van der Waals surface area (Å²) >= 11 is 0. The molecule has 2 aromatic rings. The van der Waals surface area contributed by atoms with Crippen molar-refractivity contribution in [3.05, 3.63) is 59.7 Å². The zero-order chi connectivity index (χ0) is 23.9. The largest absolute Gasteiger partial charge is 0.327 e. The Morgan fingerprint density at radius 2 is 1.16 bits per heavy atom. The Hall–Kier alpha value is -1.82. The predicted octanol–water partition coefficient (Wildman–Crippen LogP) is 2.91. The summed E-state index contributed by atoms with van der Waals surface area (Å²) in [6.07, 6.45) is 4.07. The Labute approximate surface area is 190 Å². The fourth-order valence-electron chi connectivity index (χ4n) is 3.66. The smallest absolute Gasteiger partial charge is 0.294 e. The number of rotatable bonds is 2. The van der Waals surface area contributed by atoms with Crippen LogP contribution in [0.25, 0.3) is 0 Å². The Bertz CT molecular complexity index is 973. The van der Waals surface area contributed by atoms with E-state index in [9.17, 15) is 16.8 Å². The molecule has 1 unspecified atom stereocenters.